The predicted octanol–water partition coefficient (Wildman–Crippen LogP) is -15.2. The first-order valence-electron chi connectivity index (χ1n) is 25.5. The standard InChI is InChI=1S/C43H80N10O25/c44-7-15-25(60)29(64)31(66)41(71-15)77-37-13(48)5-11(46)35(33(37)68)75-39-27(62)21(23(58)17(9-54)73-39)52-20(57)2-1-19(56)50-3-4-51-43(70)53-22-24(59)18(10-55)74-40(28(22)63)76-36-12(47)6-14(49)38(34(36)69)78-42-32(67)30(65)26(61)16(8-45)72-42/h11-18,21-42,54-55,58-69H,1-10,44-49H2,(H,50,56)(H,52,57)(H2,51,53,70)/t11-,12-,13+,14+,15-,16-,17-,18-,21+,22+,23-,24-,25-,26-,27-,28-,29+,30+,31-,32-,33-,34-,35+,36+,37-,38-,39-,40-,41-,42-/m1/s1. The molecule has 0 radical (unpaired) electrons. The normalized spacial score (nSPS) is 47.2. The lowest BCUT2D eigenvalue weighted by atomic mass is 9.84. The SMILES string of the molecule is NC[C@H]1O[C@H](O[C@H]2[C@H](O)[C@@H](O[C@H]3O[C@H](CO)[C@@H](O)[C@H](NC(=O)CCC(=O)NCCNC(=O)N[C@@H]4[C@@H](O)[C@@H](O[C@@H]5[C@@H](O)[C@H](O[C@H]6O[C@H](CN)[C@@H](O)[C@H](O)[C@H]6O)[C@@H](N)C[C@H]5N)O[C@H](CO)[C@H]4O)[C@H]3O)[C@H](N)C[C@@H]2N)[C@H](O)[C@@H](O)[C@@H]1O. The van der Waals surface area contributed by atoms with E-state index in [0.29, 0.717) is 0 Å². The van der Waals surface area contributed by atoms with Gasteiger partial charge >= 0.3 is 6.03 Å². The highest BCUT2D eigenvalue weighted by atomic mass is 16.7. The molecule has 0 aromatic rings. The molecule has 2 aliphatic carbocycles. The zero-order chi connectivity index (χ0) is 57.6. The van der Waals surface area contributed by atoms with Crippen molar-refractivity contribution in [2.45, 2.75) is 209 Å². The van der Waals surface area contributed by atoms with Crippen molar-refractivity contribution < 1.29 is 124 Å². The molecule has 4 aliphatic heterocycles. The van der Waals surface area contributed by atoms with Crippen LogP contribution in [0.25, 0.3) is 0 Å². The third-order valence-electron chi connectivity index (χ3n) is 14.8. The van der Waals surface area contributed by atoms with Crippen LogP contribution in [0.2, 0.25) is 0 Å². The van der Waals surface area contributed by atoms with Crippen LogP contribution in [0.4, 0.5) is 4.79 Å². The summed E-state index contributed by atoms with van der Waals surface area (Å²) in [7, 11) is 0. The lowest BCUT2D eigenvalue weighted by Gasteiger charge is -2.48. The van der Waals surface area contributed by atoms with Crippen LogP contribution in [0, 0.1) is 0 Å². The summed E-state index contributed by atoms with van der Waals surface area (Å²) in [5.74, 6) is -1.56. The Morgan fingerprint density at radius 1 is 0.410 bits per heavy atom. The number of hydrogen-bond acceptors (Lipinski definition) is 31. The average Bonchev–Trinajstić information content (AvgIpc) is 3.42. The summed E-state index contributed by atoms with van der Waals surface area (Å²) in [6.45, 7) is -2.70. The molecule has 4 amide bonds. The van der Waals surface area contributed by atoms with Gasteiger partial charge in [-0.25, -0.2) is 4.79 Å². The molecule has 30 N–H and O–H groups in total. The number of nitrogens with one attached hydrogen (secondary N) is 4. The van der Waals surface area contributed by atoms with Gasteiger partial charge in [0.1, 0.15) is 122 Å². The molecule has 0 aromatic carbocycles. The molecular formula is C43H80N10O25. The number of hydrogen-bond donors (Lipinski definition) is 24. The Kier molecular flexibility index (Phi) is 23.4. The molecule has 6 aliphatic rings. The van der Waals surface area contributed by atoms with Gasteiger partial charge in [0.25, 0.3) is 0 Å². The molecule has 6 fully saturated rings. The Hall–Kier alpha value is -2.91. The second-order valence-electron chi connectivity index (χ2n) is 20.3. The maximum atomic E-state index is 13.1. The van der Waals surface area contributed by atoms with Gasteiger partial charge in [0.15, 0.2) is 25.2 Å². The van der Waals surface area contributed by atoms with Gasteiger partial charge in [0.2, 0.25) is 11.8 Å². The van der Waals surface area contributed by atoms with Gasteiger partial charge in [-0.1, -0.05) is 0 Å². The molecular weight excluding hydrogens is 1060 g/mol. The van der Waals surface area contributed by atoms with Crippen molar-refractivity contribution in [3.8, 4) is 0 Å². The molecule has 0 bridgehead atoms. The number of carbonyl (C=O) groups is 3. The maximum absolute atomic E-state index is 13.1. The highest BCUT2D eigenvalue weighted by Gasteiger charge is 2.55. The van der Waals surface area contributed by atoms with E-state index < -0.39 is 227 Å². The van der Waals surface area contributed by atoms with E-state index in [1.54, 1.807) is 0 Å². The summed E-state index contributed by atoms with van der Waals surface area (Å²) >= 11 is 0. The van der Waals surface area contributed by atoms with Gasteiger partial charge in [-0.3, -0.25) is 9.59 Å². The highest BCUT2D eigenvalue weighted by molar-refractivity contribution is 5.84. The third kappa shape index (κ3) is 14.6. The molecule has 35 nitrogen and oxygen atoms in total. The van der Waals surface area contributed by atoms with Gasteiger partial charge in [0.05, 0.1) is 25.3 Å². The van der Waals surface area contributed by atoms with Crippen LogP contribution in [0.15, 0.2) is 0 Å². The van der Waals surface area contributed by atoms with Crippen LogP contribution < -0.4 is 55.7 Å². The minimum absolute atomic E-state index is 0.0810. The number of aliphatic hydroxyl groups is 14. The summed E-state index contributed by atoms with van der Waals surface area (Å²) < 4.78 is 45.5. The van der Waals surface area contributed by atoms with Crippen molar-refractivity contribution in [2.75, 3.05) is 39.4 Å². The molecule has 78 heavy (non-hydrogen) atoms. The number of nitrogens with two attached hydrogens (primary N) is 6. The summed E-state index contributed by atoms with van der Waals surface area (Å²) in [6.07, 6.45) is -39.7. The smallest absolute Gasteiger partial charge is 0.315 e. The van der Waals surface area contributed by atoms with E-state index in [2.05, 4.69) is 21.3 Å². The number of amides is 4. The van der Waals surface area contributed by atoms with Crippen LogP contribution >= 0.6 is 0 Å². The number of urea groups is 1. The number of carbonyl (C=O) groups excluding carboxylic acids is 3. The monoisotopic (exact) mass is 1140 g/mol. The van der Waals surface area contributed by atoms with E-state index >= 15 is 0 Å². The van der Waals surface area contributed by atoms with E-state index in [1.165, 1.54) is 0 Å². The molecule has 30 atom stereocenters. The molecule has 2 saturated carbocycles. The predicted molar refractivity (Wildman–Crippen MR) is 254 cm³/mol. The molecule has 4 saturated heterocycles. The molecule has 4 heterocycles. The number of ether oxygens (including phenoxy) is 8. The minimum Gasteiger partial charge on any atom is -0.394 e. The zero-order valence-electron chi connectivity index (χ0n) is 42.1. The summed E-state index contributed by atoms with van der Waals surface area (Å²) in [6, 6.07) is -8.26. The van der Waals surface area contributed by atoms with Crippen molar-refractivity contribution in [3.63, 3.8) is 0 Å². The van der Waals surface area contributed by atoms with E-state index in [1.807, 2.05) is 0 Å². The summed E-state index contributed by atoms with van der Waals surface area (Å²) in [4.78, 5) is 38.8. The Morgan fingerprint density at radius 3 is 1.12 bits per heavy atom. The number of rotatable bonds is 20. The third-order valence-corrected chi connectivity index (χ3v) is 14.8. The van der Waals surface area contributed by atoms with E-state index in [9.17, 15) is 85.9 Å². The first kappa shape index (κ1) is 64.3. The van der Waals surface area contributed by atoms with Crippen LogP contribution in [-0.2, 0) is 47.5 Å². The number of aliphatic hydroxyl groups excluding tert-OH is 14. The van der Waals surface area contributed by atoms with Crippen molar-refractivity contribution in [1.29, 1.82) is 0 Å². The first-order chi connectivity index (χ1) is 36.9. The second kappa shape index (κ2) is 28.4. The Labute approximate surface area is 445 Å². The second-order valence-corrected chi connectivity index (χ2v) is 20.3. The Bertz CT molecular complexity index is 1920. The van der Waals surface area contributed by atoms with Gasteiger partial charge < -0.3 is 165 Å². The summed E-state index contributed by atoms with van der Waals surface area (Å²) in [5.41, 5.74) is 36.2. The van der Waals surface area contributed by atoms with E-state index in [0.717, 1.165) is 0 Å². The van der Waals surface area contributed by atoms with Crippen LogP contribution in [-0.4, -0.2) is 312 Å². The Balaban J connectivity index is 0.954. The van der Waals surface area contributed by atoms with Gasteiger partial charge in [-0.05, 0) is 12.8 Å². The van der Waals surface area contributed by atoms with Gasteiger partial charge in [0, 0.05) is 63.2 Å². The van der Waals surface area contributed by atoms with E-state index in [-0.39, 0.29) is 39.0 Å². The fraction of sp³-hybridized carbons (Fsp3) is 0.930. The van der Waals surface area contributed by atoms with Gasteiger partial charge in [-0.15, -0.1) is 0 Å². The van der Waals surface area contributed by atoms with Crippen LogP contribution in [0.3, 0.4) is 0 Å². The Morgan fingerprint density at radius 2 is 0.744 bits per heavy atom. The van der Waals surface area contributed by atoms with Crippen LogP contribution in [0.5, 0.6) is 0 Å². The highest BCUT2D eigenvalue weighted by Crippen LogP contribution is 2.34. The van der Waals surface area contributed by atoms with Crippen molar-refractivity contribution in [2.24, 2.45) is 34.4 Å². The zero-order valence-corrected chi connectivity index (χ0v) is 42.1. The van der Waals surface area contributed by atoms with E-state index in [4.69, 9.17) is 72.3 Å². The molecule has 0 aromatic heterocycles. The topological polar surface area (TPSA) is 613 Å². The van der Waals surface area contributed by atoms with Crippen molar-refractivity contribution in [3.05, 3.63) is 0 Å². The maximum Gasteiger partial charge on any atom is 0.315 e. The fourth-order valence-electron chi connectivity index (χ4n) is 10.2. The lowest BCUT2D eigenvalue weighted by Crippen LogP contribution is -2.69. The molecule has 0 unspecified atom stereocenters. The average molecular weight is 1140 g/mol. The van der Waals surface area contributed by atoms with Crippen molar-refractivity contribution >= 4 is 17.8 Å². The fourth-order valence-corrected chi connectivity index (χ4v) is 10.2. The quantitative estimate of drug-likeness (QED) is 0.0503. The molecule has 452 valence electrons. The lowest BCUT2D eigenvalue weighted by molar-refractivity contribution is -0.332. The first-order valence-corrected chi connectivity index (χ1v) is 25.5. The van der Waals surface area contributed by atoms with Gasteiger partial charge in [-0.2, -0.15) is 0 Å². The summed E-state index contributed by atoms with van der Waals surface area (Å²) in [5, 5.41) is 159. The molecule has 35 heteroatoms. The van der Waals surface area contributed by atoms with Crippen LogP contribution in [0.1, 0.15) is 25.7 Å². The largest absolute Gasteiger partial charge is 0.394 e. The molecule has 6 rings (SSSR count). The minimum atomic E-state index is -1.89. The van der Waals surface area contributed by atoms with Crippen molar-refractivity contribution in [1.82, 2.24) is 21.3 Å². The molecule has 0 spiro atoms.